The summed E-state index contributed by atoms with van der Waals surface area (Å²) in [5.41, 5.74) is 2.34. The Kier molecular flexibility index (Phi) is 5.37. The van der Waals surface area contributed by atoms with Gasteiger partial charge < -0.3 is 4.74 Å². The number of nitrogens with one attached hydrogen (secondary N) is 1. The lowest BCUT2D eigenvalue weighted by atomic mass is 10.1. The number of sulfonamides is 1. The van der Waals surface area contributed by atoms with E-state index < -0.39 is 16.0 Å². The van der Waals surface area contributed by atoms with Crippen LogP contribution in [0.5, 0.6) is 0 Å². The number of thiophene rings is 1. The molecule has 34 heavy (non-hydrogen) atoms. The largest absolute Gasteiger partial charge is 0.465 e. The Morgan fingerprint density at radius 1 is 1.18 bits per heavy atom. The zero-order valence-corrected chi connectivity index (χ0v) is 19.9. The summed E-state index contributed by atoms with van der Waals surface area (Å²) >= 11 is 1.17. The SMILES string of the molecule is COC(=O)c1sccc1-n1[nH]c2c(c1=O)CCN(S(=O)(=O)c1ccc(C)cc1)c1ncccc1-2. The molecule has 0 saturated carbocycles. The van der Waals surface area contributed by atoms with Gasteiger partial charge in [-0.05, 0) is 49.1 Å². The number of carbonyl (C=O) groups is 1. The van der Waals surface area contributed by atoms with E-state index in [9.17, 15) is 18.0 Å². The van der Waals surface area contributed by atoms with Crippen molar-refractivity contribution in [1.82, 2.24) is 14.8 Å². The average Bonchev–Trinajstić information content (AvgIpc) is 3.39. The van der Waals surface area contributed by atoms with Gasteiger partial charge in [-0.3, -0.25) is 9.89 Å². The fourth-order valence-electron chi connectivity index (χ4n) is 4.00. The monoisotopic (exact) mass is 496 g/mol. The van der Waals surface area contributed by atoms with Gasteiger partial charge >= 0.3 is 5.97 Å². The van der Waals surface area contributed by atoms with Crippen molar-refractivity contribution in [3.8, 4) is 16.9 Å². The number of pyridine rings is 1. The van der Waals surface area contributed by atoms with Crippen LogP contribution in [0.2, 0.25) is 0 Å². The molecular weight excluding hydrogens is 476 g/mol. The second kappa shape index (κ2) is 8.26. The number of ether oxygens (including phenoxy) is 1. The number of rotatable bonds is 4. The predicted molar refractivity (Wildman–Crippen MR) is 128 cm³/mol. The van der Waals surface area contributed by atoms with Crippen LogP contribution >= 0.6 is 11.3 Å². The van der Waals surface area contributed by atoms with Crippen LogP contribution in [-0.4, -0.2) is 42.8 Å². The molecule has 0 amide bonds. The molecule has 0 saturated heterocycles. The summed E-state index contributed by atoms with van der Waals surface area (Å²) in [6.07, 6.45) is 1.68. The molecule has 0 fully saturated rings. The van der Waals surface area contributed by atoms with Crippen LogP contribution in [0.4, 0.5) is 5.82 Å². The van der Waals surface area contributed by atoms with Crippen LogP contribution in [0.15, 0.2) is 63.7 Å². The number of H-pyrrole nitrogens is 1. The summed E-state index contributed by atoms with van der Waals surface area (Å²) in [6.45, 7) is 1.92. The molecule has 3 aromatic heterocycles. The van der Waals surface area contributed by atoms with Crippen molar-refractivity contribution in [1.29, 1.82) is 0 Å². The molecule has 0 bridgehead atoms. The van der Waals surface area contributed by atoms with Gasteiger partial charge in [0.2, 0.25) is 0 Å². The summed E-state index contributed by atoms with van der Waals surface area (Å²) < 4.78 is 34.4. The highest BCUT2D eigenvalue weighted by atomic mass is 32.2. The number of fused-ring (bicyclic) bond motifs is 3. The van der Waals surface area contributed by atoms with Crippen molar-refractivity contribution in [2.24, 2.45) is 0 Å². The Morgan fingerprint density at radius 2 is 1.94 bits per heavy atom. The Hall–Kier alpha value is -3.70. The Morgan fingerprint density at radius 3 is 2.68 bits per heavy atom. The number of carbonyl (C=O) groups excluding carboxylic acids is 1. The van der Waals surface area contributed by atoms with Gasteiger partial charge in [-0.1, -0.05) is 17.7 Å². The van der Waals surface area contributed by atoms with Gasteiger partial charge in [0, 0.05) is 23.9 Å². The number of hydrogen-bond donors (Lipinski definition) is 1. The predicted octanol–water partition coefficient (Wildman–Crippen LogP) is 3.14. The molecule has 5 rings (SSSR count). The van der Waals surface area contributed by atoms with Gasteiger partial charge in [-0.15, -0.1) is 11.3 Å². The minimum Gasteiger partial charge on any atom is -0.465 e. The number of aromatic nitrogens is 3. The highest BCUT2D eigenvalue weighted by Gasteiger charge is 2.33. The molecule has 0 radical (unpaired) electrons. The smallest absolute Gasteiger partial charge is 0.350 e. The van der Waals surface area contributed by atoms with E-state index in [1.54, 1.807) is 47.8 Å². The lowest BCUT2D eigenvalue weighted by molar-refractivity contribution is 0.0606. The van der Waals surface area contributed by atoms with E-state index in [2.05, 4.69) is 10.1 Å². The first-order chi connectivity index (χ1) is 16.3. The Bertz CT molecular complexity index is 1570. The third-order valence-electron chi connectivity index (χ3n) is 5.71. The lowest BCUT2D eigenvalue weighted by Gasteiger charge is -2.23. The summed E-state index contributed by atoms with van der Waals surface area (Å²) in [4.78, 5) is 30.4. The van der Waals surface area contributed by atoms with Crippen LogP contribution in [0, 0.1) is 6.92 Å². The molecule has 1 aromatic carbocycles. The number of anilines is 1. The molecule has 9 nitrogen and oxygen atoms in total. The van der Waals surface area contributed by atoms with Crippen molar-refractivity contribution >= 4 is 33.1 Å². The van der Waals surface area contributed by atoms with E-state index in [-0.39, 0.29) is 34.1 Å². The second-order valence-corrected chi connectivity index (χ2v) is 10.5. The van der Waals surface area contributed by atoms with E-state index in [1.165, 1.54) is 33.6 Å². The third-order valence-corrected chi connectivity index (χ3v) is 8.40. The maximum atomic E-state index is 13.5. The maximum Gasteiger partial charge on any atom is 0.350 e. The van der Waals surface area contributed by atoms with Crippen molar-refractivity contribution in [2.75, 3.05) is 18.0 Å². The summed E-state index contributed by atoms with van der Waals surface area (Å²) in [5.74, 6) is -0.312. The van der Waals surface area contributed by atoms with Gasteiger partial charge in [0.1, 0.15) is 4.88 Å². The fourth-order valence-corrected chi connectivity index (χ4v) is 6.23. The first-order valence-corrected chi connectivity index (χ1v) is 12.7. The molecule has 1 aliphatic heterocycles. The van der Waals surface area contributed by atoms with Crippen LogP contribution in [-0.2, 0) is 21.2 Å². The van der Waals surface area contributed by atoms with Crippen molar-refractivity contribution < 1.29 is 17.9 Å². The lowest BCUT2D eigenvalue weighted by Crippen LogP contribution is -2.34. The summed E-state index contributed by atoms with van der Waals surface area (Å²) in [5, 5.41) is 4.78. The topological polar surface area (TPSA) is 114 Å². The van der Waals surface area contributed by atoms with E-state index >= 15 is 0 Å². The van der Waals surface area contributed by atoms with Gasteiger partial charge in [-0.25, -0.2) is 27.2 Å². The van der Waals surface area contributed by atoms with Crippen LogP contribution in [0.1, 0.15) is 20.8 Å². The van der Waals surface area contributed by atoms with Gasteiger partial charge in [-0.2, -0.15) is 0 Å². The number of hydrogen-bond acceptors (Lipinski definition) is 7. The molecule has 0 spiro atoms. The van der Waals surface area contributed by atoms with Crippen molar-refractivity contribution in [3.63, 3.8) is 0 Å². The molecular formula is C23H20N4O5S2. The number of benzene rings is 1. The summed E-state index contributed by atoms with van der Waals surface area (Å²) in [7, 11) is -2.63. The van der Waals surface area contributed by atoms with Crippen molar-refractivity contribution in [3.05, 3.63) is 80.4 Å². The quantitative estimate of drug-likeness (QED) is 0.434. The van der Waals surface area contributed by atoms with Crippen LogP contribution in [0.25, 0.3) is 16.9 Å². The van der Waals surface area contributed by atoms with Crippen LogP contribution < -0.4 is 9.86 Å². The molecule has 0 aliphatic carbocycles. The van der Waals surface area contributed by atoms with E-state index in [1.807, 2.05) is 6.92 Å². The highest BCUT2D eigenvalue weighted by molar-refractivity contribution is 7.92. The number of methoxy groups -OCH3 is 1. The fraction of sp³-hybridized carbons (Fsp3) is 0.174. The molecule has 0 unspecified atom stereocenters. The molecule has 1 aliphatic rings. The molecule has 174 valence electrons. The van der Waals surface area contributed by atoms with Gasteiger partial charge in [0.05, 0.1) is 23.4 Å². The zero-order valence-electron chi connectivity index (χ0n) is 18.3. The minimum absolute atomic E-state index is 0.0355. The number of aromatic amines is 1. The van der Waals surface area contributed by atoms with E-state index in [0.29, 0.717) is 22.5 Å². The van der Waals surface area contributed by atoms with Crippen LogP contribution in [0.3, 0.4) is 0 Å². The highest BCUT2D eigenvalue weighted by Crippen LogP contribution is 2.36. The zero-order chi connectivity index (χ0) is 24.0. The molecule has 0 atom stereocenters. The number of nitrogens with zero attached hydrogens (tertiary/aromatic N) is 3. The number of esters is 1. The van der Waals surface area contributed by atoms with Crippen molar-refractivity contribution in [2.45, 2.75) is 18.2 Å². The second-order valence-electron chi connectivity index (χ2n) is 7.75. The average molecular weight is 497 g/mol. The first kappa shape index (κ1) is 22.1. The normalized spacial score (nSPS) is 13.2. The van der Waals surface area contributed by atoms with E-state index in [4.69, 9.17) is 4.74 Å². The standard InChI is InChI=1S/C23H20N4O5S2/c1-14-5-7-15(8-6-14)34(30,31)26-12-9-17-19(16-4-3-11-24-21(16)26)25-27(22(17)28)18-10-13-33-20(18)23(29)32-2/h3-8,10-11,13,25H,9,12H2,1-2H3. The molecule has 4 aromatic rings. The molecule has 11 heteroatoms. The molecule has 1 N–H and O–H groups in total. The van der Waals surface area contributed by atoms with E-state index in [0.717, 1.165) is 5.56 Å². The maximum absolute atomic E-state index is 13.5. The number of aryl methyl sites for hydroxylation is 1. The third kappa shape index (κ3) is 3.44. The molecule has 4 heterocycles. The first-order valence-electron chi connectivity index (χ1n) is 10.4. The Balaban J connectivity index is 1.66. The minimum atomic E-state index is -3.91. The summed E-state index contributed by atoms with van der Waals surface area (Å²) in [6, 6.07) is 11.7. The Labute approximate surface area is 199 Å². The van der Waals surface area contributed by atoms with Gasteiger partial charge in [0.15, 0.2) is 5.82 Å². The van der Waals surface area contributed by atoms with Gasteiger partial charge in [0.25, 0.3) is 15.6 Å².